The topological polar surface area (TPSA) is 43.0 Å². The second kappa shape index (κ2) is 11.3. The Morgan fingerprint density at radius 2 is 1.70 bits per heavy atom. The van der Waals surface area contributed by atoms with Crippen molar-refractivity contribution in [3.05, 3.63) is 82.6 Å². The van der Waals surface area contributed by atoms with Gasteiger partial charge in [0.2, 0.25) is 0 Å². The van der Waals surface area contributed by atoms with E-state index in [9.17, 15) is 4.39 Å². The molecule has 33 heavy (non-hydrogen) atoms. The summed E-state index contributed by atoms with van der Waals surface area (Å²) in [6, 6.07) is 18.4. The van der Waals surface area contributed by atoms with Gasteiger partial charge < -0.3 is 24.4 Å². The van der Waals surface area contributed by atoms with Gasteiger partial charge in [-0.05, 0) is 66.6 Å². The van der Waals surface area contributed by atoms with Gasteiger partial charge in [0, 0.05) is 31.0 Å². The molecule has 7 heteroatoms. The van der Waals surface area contributed by atoms with E-state index >= 15 is 0 Å². The highest BCUT2D eigenvalue weighted by Crippen LogP contribution is 2.37. The van der Waals surface area contributed by atoms with Crippen LogP contribution in [0.25, 0.3) is 0 Å². The van der Waals surface area contributed by atoms with E-state index < -0.39 is 0 Å². The first kappa shape index (κ1) is 23.2. The Labute approximate surface area is 199 Å². The number of hydrogen-bond acceptors (Lipinski definition) is 5. The van der Waals surface area contributed by atoms with Crippen LogP contribution in [0.1, 0.15) is 18.1 Å². The highest BCUT2D eigenvalue weighted by molar-refractivity contribution is 6.32. The van der Waals surface area contributed by atoms with Gasteiger partial charge in [-0.25, -0.2) is 4.39 Å². The van der Waals surface area contributed by atoms with E-state index in [0.29, 0.717) is 29.7 Å². The van der Waals surface area contributed by atoms with Gasteiger partial charge in [0.15, 0.2) is 11.5 Å². The molecular weight excluding hydrogens is 443 g/mol. The fourth-order valence-electron chi connectivity index (χ4n) is 3.68. The van der Waals surface area contributed by atoms with Crippen molar-refractivity contribution in [2.75, 3.05) is 43.1 Å². The van der Waals surface area contributed by atoms with Gasteiger partial charge >= 0.3 is 0 Å². The minimum absolute atomic E-state index is 0.271. The molecule has 0 unspecified atom stereocenters. The molecule has 0 spiro atoms. The minimum atomic E-state index is -0.278. The van der Waals surface area contributed by atoms with Crippen molar-refractivity contribution in [1.82, 2.24) is 0 Å². The molecule has 1 aliphatic heterocycles. The van der Waals surface area contributed by atoms with Gasteiger partial charge in [-0.1, -0.05) is 23.7 Å². The Bertz CT molecular complexity index is 1040. The lowest BCUT2D eigenvalue weighted by atomic mass is 10.1. The van der Waals surface area contributed by atoms with Crippen LogP contribution >= 0.6 is 11.6 Å². The lowest BCUT2D eigenvalue weighted by Crippen LogP contribution is -2.36. The fourth-order valence-corrected chi connectivity index (χ4v) is 3.97. The maximum absolute atomic E-state index is 13.1. The van der Waals surface area contributed by atoms with Gasteiger partial charge in [0.05, 0.1) is 24.8 Å². The minimum Gasteiger partial charge on any atom is -0.490 e. The van der Waals surface area contributed by atoms with Crippen molar-refractivity contribution >= 4 is 23.0 Å². The van der Waals surface area contributed by atoms with Crippen molar-refractivity contribution in [2.45, 2.75) is 20.1 Å². The van der Waals surface area contributed by atoms with Crippen LogP contribution in [0.2, 0.25) is 5.02 Å². The molecule has 1 saturated heterocycles. The molecule has 1 heterocycles. The van der Waals surface area contributed by atoms with Gasteiger partial charge in [0.1, 0.15) is 12.4 Å². The van der Waals surface area contributed by atoms with Crippen LogP contribution in [-0.2, 0) is 17.9 Å². The SMILES string of the molecule is CCOc1cc(CNc2ccc(N3CCOCC3)cc2)cc(Cl)c1OCc1ccc(F)cc1. The van der Waals surface area contributed by atoms with Gasteiger partial charge in [0.25, 0.3) is 0 Å². The zero-order valence-electron chi connectivity index (χ0n) is 18.7. The molecule has 1 fully saturated rings. The Balaban J connectivity index is 1.40. The molecule has 0 atom stereocenters. The maximum atomic E-state index is 13.1. The Kier molecular flexibility index (Phi) is 7.92. The average molecular weight is 471 g/mol. The zero-order chi connectivity index (χ0) is 23.0. The first-order valence-corrected chi connectivity index (χ1v) is 11.5. The lowest BCUT2D eigenvalue weighted by Gasteiger charge is -2.29. The predicted molar refractivity (Wildman–Crippen MR) is 130 cm³/mol. The van der Waals surface area contributed by atoms with Crippen LogP contribution in [0.15, 0.2) is 60.7 Å². The number of benzene rings is 3. The third-order valence-electron chi connectivity index (χ3n) is 5.41. The van der Waals surface area contributed by atoms with Crippen LogP contribution in [0, 0.1) is 5.82 Å². The largest absolute Gasteiger partial charge is 0.490 e. The summed E-state index contributed by atoms with van der Waals surface area (Å²) in [7, 11) is 0. The van der Waals surface area contributed by atoms with Gasteiger partial charge in [-0.2, -0.15) is 0 Å². The summed E-state index contributed by atoms with van der Waals surface area (Å²) >= 11 is 6.54. The second-order valence-corrected chi connectivity index (χ2v) is 8.16. The predicted octanol–water partition coefficient (Wildman–Crippen LogP) is 5.91. The summed E-state index contributed by atoms with van der Waals surface area (Å²) in [6.45, 7) is 6.64. The van der Waals surface area contributed by atoms with Crippen molar-refractivity contribution in [1.29, 1.82) is 0 Å². The van der Waals surface area contributed by atoms with Crippen molar-refractivity contribution < 1.29 is 18.6 Å². The molecule has 1 aliphatic rings. The highest BCUT2D eigenvalue weighted by atomic mass is 35.5. The number of nitrogens with zero attached hydrogens (tertiary/aromatic N) is 1. The molecule has 3 aromatic carbocycles. The summed E-state index contributed by atoms with van der Waals surface area (Å²) < 4.78 is 30.3. The van der Waals surface area contributed by atoms with Crippen molar-refractivity contribution in [2.24, 2.45) is 0 Å². The molecule has 174 valence electrons. The van der Waals surface area contributed by atoms with E-state index in [2.05, 4.69) is 34.5 Å². The van der Waals surface area contributed by atoms with E-state index in [-0.39, 0.29) is 12.4 Å². The van der Waals surface area contributed by atoms with Gasteiger partial charge in [-0.15, -0.1) is 0 Å². The number of anilines is 2. The third-order valence-corrected chi connectivity index (χ3v) is 5.69. The molecule has 5 nitrogen and oxygen atoms in total. The molecule has 0 saturated carbocycles. The van der Waals surface area contributed by atoms with Crippen LogP contribution in [0.4, 0.5) is 15.8 Å². The maximum Gasteiger partial charge on any atom is 0.180 e. The highest BCUT2D eigenvalue weighted by Gasteiger charge is 2.14. The lowest BCUT2D eigenvalue weighted by molar-refractivity contribution is 0.122. The number of hydrogen-bond donors (Lipinski definition) is 1. The molecule has 3 aromatic rings. The van der Waals surface area contributed by atoms with Crippen LogP contribution in [0.3, 0.4) is 0 Å². The summed E-state index contributed by atoms with van der Waals surface area (Å²) in [5.41, 5.74) is 4.06. The van der Waals surface area contributed by atoms with Crippen molar-refractivity contribution in [3.8, 4) is 11.5 Å². The molecule has 1 N–H and O–H groups in total. The standard InChI is InChI=1S/C26H28ClFN2O3/c1-2-32-25-16-20(15-24(27)26(25)33-18-19-3-5-21(28)6-4-19)17-29-22-7-9-23(10-8-22)30-11-13-31-14-12-30/h3-10,15-16,29H,2,11-14,17-18H2,1H3. The number of rotatable bonds is 9. The Morgan fingerprint density at radius 3 is 2.39 bits per heavy atom. The summed E-state index contributed by atoms with van der Waals surface area (Å²) in [4.78, 5) is 2.33. The molecule has 0 amide bonds. The van der Waals surface area contributed by atoms with E-state index in [0.717, 1.165) is 43.1 Å². The van der Waals surface area contributed by atoms with Crippen LogP contribution in [0.5, 0.6) is 11.5 Å². The molecule has 0 radical (unpaired) electrons. The quantitative estimate of drug-likeness (QED) is 0.421. The first-order valence-electron chi connectivity index (χ1n) is 11.1. The molecular formula is C26H28ClFN2O3. The second-order valence-electron chi connectivity index (χ2n) is 7.75. The zero-order valence-corrected chi connectivity index (χ0v) is 19.4. The van der Waals surface area contributed by atoms with E-state index in [1.54, 1.807) is 12.1 Å². The smallest absolute Gasteiger partial charge is 0.180 e. The van der Waals surface area contributed by atoms with E-state index in [1.165, 1.54) is 17.8 Å². The molecule has 0 aromatic heterocycles. The Morgan fingerprint density at radius 1 is 0.970 bits per heavy atom. The normalized spacial score (nSPS) is 13.6. The number of halogens is 2. The fraction of sp³-hybridized carbons (Fsp3) is 0.308. The summed E-state index contributed by atoms with van der Waals surface area (Å²) in [6.07, 6.45) is 0. The van der Waals surface area contributed by atoms with Crippen molar-refractivity contribution in [3.63, 3.8) is 0 Å². The monoisotopic (exact) mass is 470 g/mol. The number of ether oxygens (including phenoxy) is 3. The first-order chi connectivity index (χ1) is 16.1. The average Bonchev–Trinajstić information content (AvgIpc) is 2.84. The number of morpholine rings is 1. The molecule has 0 bridgehead atoms. The summed E-state index contributed by atoms with van der Waals surface area (Å²) in [5.74, 6) is 0.799. The van der Waals surface area contributed by atoms with E-state index in [1.807, 2.05) is 19.1 Å². The molecule has 0 aliphatic carbocycles. The number of nitrogens with one attached hydrogen (secondary N) is 1. The van der Waals surface area contributed by atoms with E-state index in [4.69, 9.17) is 25.8 Å². The summed E-state index contributed by atoms with van der Waals surface area (Å²) in [5, 5.41) is 3.91. The molecule has 4 rings (SSSR count). The Hall–Kier alpha value is -2.96. The van der Waals surface area contributed by atoms with Crippen LogP contribution < -0.4 is 19.7 Å². The third kappa shape index (κ3) is 6.30. The van der Waals surface area contributed by atoms with Crippen LogP contribution in [-0.4, -0.2) is 32.9 Å². The van der Waals surface area contributed by atoms with Gasteiger partial charge in [-0.3, -0.25) is 0 Å².